The van der Waals surface area contributed by atoms with Crippen molar-refractivity contribution in [3.8, 4) is 11.3 Å². The maximum absolute atomic E-state index is 8.86. The molecule has 3 rings (SSSR count). The third-order valence-electron chi connectivity index (χ3n) is 3.54. The predicted octanol–water partition coefficient (Wildman–Crippen LogP) is 4.33. The Morgan fingerprint density at radius 2 is 1.88 bits per heavy atom. The minimum absolute atomic E-state index is 0.166. The molecule has 1 aromatic carbocycles. The van der Waals surface area contributed by atoms with Gasteiger partial charge in [-0.15, -0.1) is 0 Å². The predicted molar refractivity (Wildman–Crippen MR) is 102 cm³/mol. The quantitative estimate of drug-likeness (QED) is 0.551. The molecule has 2 aromatic heterocycles. The second-order valence-corrected chi connectivity index (χ2v) is 5.95. The van der Waals surface area contributed by atoms with E-state index in [0.29, 0.717) is 18.0 Å². The summed E-state index contributed by atoms with van der Waals surface area (Å²) in [4.78, 5) is 8.91. The van der Waals surface area contributed by atoms with Crippen LogP contribution in [-0.2, 0) is 0 Å². The number of aliphatic hydroxyl groups is 1. The fraction of sp³-hybridized carbons (Fsp3) is 0.158. The smallest absolute Gasteiger partial charge is 0.131 e. The Morgan fingerprint density at radius 1 is 1.00 bits per heavy atom. The summed E-state index contributed by atoms with van der Waals surface area (Å²) in [5.74, 6) is 0.735. The zero-order chi connectivity index (χ0) is 17.5. The summed E-state index contributed by atoms with van der Waals surface area (Å²) in [5, 5.41) is 16.0. The van der Waals surface area contributed by atoms with Gasteiger partial charge in [-0.25, -0.2) is 4.98 Å². The van der Waals surface area contributed by atoms with Gasteiger partial charge in [0.1, 0.15) is 5.82 Å². The number of aromatic nitrogens is 2. The van der Waals surface area contributed by atoms with Gasteiger partial charge in [-0.2, -0.15) is 0 Å². The van der Waals surface area contributed by atoms with E-state index in [9.17, 15) is 0 Å². The zero-order valence-electron chi connectivity index (χ0n) is 13.6. The van der Waals surface area contributed by atoms with Crippen molar-refractivity contribution < 1.29 is 5.11 Å². The number of hydrogen-bond acceptors (Lipinski definition) is 5. The average molecular weight is 355 g/mol. The second-order valence-electron chi connectivity index (χ2n) is 5.51. The molecule has 3 aromatic rings. The average Bonchev–Trinajstić information content (AvgIpc) is 2.63. The summed E-state index contributed by atoms with van der Waals surface area (Å²) in [6, 6.07) is 15.3. The Hall–Kier alpha value is -2.63. The number of rotatable bonds is 7. The molecule has 128 valence electrons. The van der Waals surface area contributed by atoms with E-state index in [1.807, 2.05) is 48.5 Å². The lowest BCUT2D eigenvalue weighted by Crippen LogP contribution is -2.03. The largest absolute Gasteiger partial charge is 0.396 e. The molecular weight excluding hydrogens is 336 g/mol. The van der Waals surface area contributed by atoms with Crippen LogP contribution in [0.4, 0.5) is 17.2 Å². The Kier molecular flexibility index (Phi) is 5.82. The van der Waals surface area contributed by atoms with Crippen molar-refractivity contribution in [2.45, 2.75) is 6.42 Å². The van der Waals surface area contributed by atoms with Gasteiger partial charge in [0.2, 0.25) is 0 Å². The minimum atomic E-state index is 0.166. The molecule has 0 unspecified atom stereocenters. The number of halogens is 1. The SMILES string of the molecule is OCCCNc1cncc(-c2cccc(Nc3cccc(Cl)c3)n2)c1. The Balaban J connectivity index is 1.78. The van der Waals surface area contributed by atoms with E-state index in [-0.39, 0.29) is 6.61 Å². The van der Waals surface area contributed by atoms with Crippen LogP contribution in [0.2, 0.25) is 5.02 Å². The molecule has 0 aliphatic heterocycles. The lowest BCUT2D eigenvalue weighted by molar-refractivity contribution is 0.292. The van der Waals surface area contributed by atoms with Crippen molar-refractivity contribution in [1.29, 1.82) is 0 Å². The molecule has 3 N–H and O–H groups in total. The molecule has 6 heteroatoms. The first-order valence-corrected chi connectivity index (χ1v) is 8.42. The highest BCUT2D eigenvalue weighted by molar-refractivity contribution is 6.30. The molecule has 0 bridgehead atoms. The Bertz CT molecular complexity index is 841. The van der Waals surface area contributed by atoms with Gasteiger partial charge in [0.15, 0.2) is 0 Å². The van der Waals surface area contributed by atoms with Crippen LogP contribution in [0.3, 0.4) is 0 Å². The van der Waals surface area contributed by atoms with E-state index < -0.39 is 0 Å². The normalized spacial score (nSPS) is 10.5. The lowest BCUT2D eigenvalue weighted by atomic mass is 10.2. The first-order chi connectivity index (χ1) is 12.2. The number of benzene rings is 1. The monoisotopic (exact) mass is 354 g/mol. The van der Waals surface area contributed by atoms with Crippen LogP contribution in [-0.4, -0.2) is 28.2 Å². The van der Waals surface area contributed by atoms with E-state index in [4.69, 9.17) is 16.7 Å². The second kappa shape index (κ2) is 8.46. The Morgan fingerprint density at radius 3 is 2.72 bits per heavy atom. The number of aliphatic hydroxyl groups excluding tert-OH is 1. The van der Waals surface area contributed by atoms with Gasteiger partial charge < -0.3 is 15.7 Å². The van der Waals surface area contributed by atoms with Crippen molar-refractivity contribution in [2.75, 3.05) is 23.8 Å². The van der Waals surface area contributed by atoms with Crippen molar-refractivity contribution in [3.63, 3.8) is 0 Å². The summed E-state index contributed by atoms with van der Waals surface area (Å²) in [6.07, 6.45) is 4.24. The van der Waals surface area contributed by atoms with Crippen LogP contribution in [0.25, 0.3) is 11.3 Å². The molecule has 0 aliphatic carbocycles. The summed E-state index contributed by atoms with van der Waals surface area (Å²) >= 11 is 6.02. The third kappa shape index (κ3) is 4.92. The topological polar surface area (TPSA) is 70.1 Å². The van der Waals surface area contributed by atoms with Gasteiger partial charge in [0.25, 0.3) is 0 Å². The highest BCUT2D eigenvalue weighted by Crippen LogP contribution is 2.23. The van der Waals surface area contributed by atoms with E-state index in [1.165, 1.54) is 0 Å². The van der Waals surface area contributed by atoms with Gasteiger partial charge in [-0.1, -0.05) is 23.7 Å². The molecule has 2 heterocycles. The van der Waals surface area contributed by atoms with E-state index in [2.05, 4.69) is 20.6 Å². The summed E-state index contributed by atoms with van der Waals surface area (Å²) < 4.78 is 0. The lowest BCUT2D eigenvalue weighted by Gasteiger charge is -2.09. The van der Waals surface area contributed by atoms with Crippen LogP contribution < -0.4 is 10.6 Å². The van der Waals surface area contributed by atoms with Crippen LogP contribution >= 0.6 is 11.6 Å². The van der Waals surface area contributed by atoms with Gasteiger partial charge in [0, 0.05) is 41.8 Å². The fourth-order valence-electron chi connectivity index (χ4n) is 2.37. The number of nitrogens with zero attached hydrogens (tertiary/aromatic N) is 2. The summed E-state index contributed by atoms with van der Waals surface area (Å²) in [7, 11) is 0. The van der Waals surface area contributed by atoms with Crippen LogP contribution in [0.5, 0.6) is 0 Å². The van der Waals surface area contributed by atoms with Gasteiger partial charge in [-0.3, -0.25) is 4.98 Å². The molecule has 5 nitrogen and oxygen atoms in total. The molecular formula is C19H19ClN4O. The number of anilines is 3. The maximum atomic E-state index is 8.86. The molecule has 0 saturated heterocycles. The molecule has 0 fully saturated rings. The van der Waals surface area contributed by atoms with E-state index >= 15 is 0 Å². The summed E-state index contributed by atoms with van der Waals surface area (Å²) in [6.45, 7) is 0.865. The minimum Gasteiger partial charge on any atom is -0.396 e. The number of hydrogen-bond donors (Lipinski definition) is 3. The molecule has 0 aliphatic rings. The maximum Gasteiger partial charge on any atom is 0.131 e. The van der Waals surface area contributed by atoms with Gasteiger partial charge in [-0.05, 0) is 42.8 Å². The van der Waals surface area contributed by atoms with Crippen LogP contribution in [0, 0.1) is 0 Å². The molecule has 0 atom stereocenters. The first-order valence-electron chi connectivity index (χ1n) is 8.04. The summed E-state index contributed by atoms with van der Waals surface area (Å²) in [5.41, 5.74) is 3.53. The Labute approximate surface area is 151 Å². The first kappa shape index (κ1) is 17.2. The molecule has 0 amide bonds. The number of pyridine rings is 2. The molecule has 25 heavy (non-hydrogen) atoms. The van der Waals surface area contributed by atoms with Crippen LogP contribution in [0.15, 0.2) is 60.9 Å². The molecule has 0 saturated carbocycles. The molecule has 0 spiro atoms. The van der Waals surface area contributed by atoms with Crippen molar-refractivity contribution in [2.24, 2.45) is 0 Å². The molecule has 0 radical (unpaired) electrons. The van der Waals surface area contributed by atoms with E-state index in [0.717, 1.165) is 28.5 Å². The van der Waals surface area contributed by atoms with Crippen molar-refractivity contribution >= 4 is 28.8 Å². The fourth-order valence-corrected chi connectivity index (χ4v) is 2.56. The van der Waals surface area contributed by atoms with Crippen LogP contribution in [0.1, 0.15) is 6.42 Å². The van der Waals surface area contributed by atoms with Crippen molar-refractivity contribution in [3.05, 3.63) is 65.9 Å². The third-order valence-corrected chi connectivity index (χ3v) is 3.78. The van der Waals surface area contributed by atoms with Crippen molar-refractivity contribution in [1.82, 2.24) is 9.97 Å². The van der Waals surface area contributed by atoms with E-state index in [1.54, 1.807) is 12.4 Å². The highest BCUT2D eigenvalue weighted by Gasteiger charge is 2.04. The number of nitrogens with one attached hydrogen (secondary N) is 2. The zero-order valence-corrected chi connectivity index (χ0v) is 14.4. The van der Waals surface area contributed by atoms with Gasteiger partial charge in [0.05, 0.1) is 11.4 Å². The standard InChI is InChI=1S/C19H19ClN4O/c20-15-4-1-5-16(11-15)23-19-7-2-6-18(24-19)14-10-17(13-21-12-14)22-8-3-9-25/h1-2,4-7,10-13,22,25H,3,8-9H2,(H,23,24). The van der Waals surface area contributed by atoms with Gasteiger partial charge >= 0.3 is 0 Å². The highest BCUT2D eigenvalue weighted by atomic mass is 35.5.